The minimum Gasteiger partial charge on any atom is -0.388 e. The monoisotopic (exact) mass is 305 g/mol. The topological polar surface area (TPSA) is 71.1 Å². The van der Waals surface area contributed by atoms with Gasteiger partial charge in [0, 0.05) is 37.6 Å². The van der Waals surface area contributed by atoms with E-state index in [4.69, 9.17) is 0 Å². The lowest BCUT2D eigenvalue weighted by Crippen LogP contribution is -2.26. The standard InChI is InChI=1S/C15H19N3O2S/c1-12-6-7-14(16-2)11-15(12)21(19,20)18-10-8-13-5-3-4-9-17-13/h3-7,9,11,16,18H,8,10H2,1-2H3. The van der Waals surface area contributed by atoms with Crippen molar-refractivity contribution in [2.24, 2.45) is 0 Å². The van der Waals surface area contributed by atoms with Gasteiger partial charge in [0.15, 0.2) is 0 Å². The predicted octanol–water partition coefficient (Wildman–Crippen LogP) is 1.95. The van der Waals surface area contributed by atoms with E-state index >= 15 is 0 Å². The van der Waals surface area contributed by atoms with Gasteiger partial charge in [-0.2, -0.15) is 0 Å². The van der Waals surface area contributed by atoms with Gasteiger partial charge in [-0.3, -0.25) is 4.98 Å². The molecule has 1 aromatic carbocycles. The van der Waals surface area contributed by atoms with E-state index in [1.165, 1.54) is 0 Å². The van der Waals surface area contributed by atoms with E-state index in [1.807, 2.05) is 24.3 Å². The van der Waals surface area contributed by atoms with E-state index < -0.39 is 10.0 Å². The molecule has 5 nitrogen and oxygen atoms in total. The molecule has 0 radical (unpaired) electrons. The molecule has 1 aromatic heterocycles. The Balaban J connectivity index is 2.08. The number of hydrogen-bond acceptors (Lipinski definition) is 4. The Labute approximate surface area is 125 Å². The molecule has 0 aliphatic rings. The second kappa shape index (κ2) is 6.69. The van der Waals surface area contributed by atoms with Crippen molar-refractivity contribution in [3.8, 4) is 0 Å². The zero-order valence-electron chi connectivity index (χ0n) is 12.1. The van der Waals surface area contributed by atoms with Crippen LogP contribution in [-0.4, -0.2) is 27.0 Å². The fourth-order valence-electron chi connectivity index (χ4n) is 1.98. The SMILES string of the molecule is CNc1ccc(C)c(S(=O)(=O)NCCc2ccccn2)c1. The fourth-order valence-corrected chi connectivity index (χ4v) is 3.28. The van der Waals surface area contributed by atoms with Gasteiger partial charge in [-0.05, 0) is 36.8 Å². The highest BCUT2D eigenvalue weighted by atomic mass is 32.2. The Morgan fingerprint density at radius 3 is 2.67 bits per heavy atom. The van der Waals surface area contributed by atoms with Crippen LogP contribution in [0.2, 0.25) is 0 Å². The summed E-state index contributed by atoms with van der Waals surface area (Å²) in [6.07, 6.45) is 2.26. The first kappa shape index (κ1) is 15.5. The maximum atomic E-state index is 12.4. The van der Waals surface area contributed by atoms with Gasteiger partial charge in [0.05, 0.1) is 4.90 Å². The largest absolute Gasteiger partial charge is 0.388 e. The highest BCUT2D eigenvalue weighted by Crippen LogP contribution is 2.19. The highest BCUT2D eigenvalue weighted by molar-refractivity contribution is 7.89. The molecule has 21 heavy (non-hydrogen) atoms. The third kappa shape index (κ3) is 4.03. The van der Waals surface area contributed by atoms with Crippen molar-refractivity contribution in [2.75, 3.05) is 18.9 Å². The van der Waals surface area contributed by atoms with Crippen LogP contribution in [0.1, 0.15) is 11.3 Å². The Hall–Kier alpha value is -1.92. The predicted molar refractivity (Wildman–Crippen MR) is 83.9 cm³/mol. The summed E-state index contributed by atoms with van der Waals surface area (Å²) in [7, 11) is -1.75. The van der Waals surface area contributed by atoms with Crippen molar-refractivity contribution in [1.82, 2.24) is 9.71 Å². The molecule has 112 valence electrons. The third-order valence-corrected chi connectivity index (χ3v) is 4.77. The second-order valence-electron chi connectivity index (χ2n) is 4.70. The van der Waals surface area contributed by atoms with Crippen molar-refractivity contribution in [3.63, 3.8) is 0 Å². The highest BCUT2D eigenvalue weighted by Gasteiger charge is 2.16. The maximum absolute atomic E-state index is 12.4. The lowest BCUT2D eigenvalue weighted by atomic mass is 10.2. The first-order valence-corrected chi connectivity index (χ1v) is 8.19. The van der Waals surface area contributed by atoms with Crippen molar-refractivity contribution < 1.29 is 8.42 Å². The Bertz CT molecular complexity index is 700. The van der Waals surface area contributed by atoms with E-state index in [0.29, 0.717) is 17.9 Å². The van der Waals surface area contributed by atoms with Crippen LogP contribution >= 0.6 is 0 Å². The van der Waals surface area contributed by atoms with Crippen molar-refractivity contribution in [1.29, 1.82) is 0 Å². The molecule has 1 heterocycles. The van der Waals surface area contributed by atoms with E-state index in [1.54, 1.807) is 32.3 Å². The van der Waals surface area contributed by atoms with E-state index in [2.05, 4.69) is 15.0 Å². The van der Waals surface area contributed by atoms with Gasteiger partial charge in [0.1, 0.15) is 0 Å². The smallest absolute Gasteiger partial charge is 0.240 e. The first-order chi connectivity index (χ1) is 10.0. The van der Waals surface area contributed by atoms with Crippen LogP contribution in [0.25, 0.3) is 0 Å². The molecular formula is C15H19N3O2S. The number of nitrogens with one attached hydrogen (secondary N) is 2. The first-order valence-electron chi connectivity index (χ1n) is 6.71. The van der Waals surface area contributed by atoms with E-state index in [0.717, 1.165) is 16.9 Å². The number of benzene rings is 1. The minimum atomic E-state index is -3.51. The normalized spacial score (nSPS) is 11.3. The van der Waals surface area contributed by atoms with Gasteiger partial charge >= 0.3 is 0 Å². The van der Waals surface area contributed by atoms with Crippen LogP contribution in [0.5, 0.6) is 0 Å². The zero-order valence-corrected chi connectivity index (χ0v) is 12.9. The third-order valence-electron chi connectivity index (χ3n) is 3.17. The Kier molecular flexibility index (Phi) is 4.93. The lowest BCUT2D eigenvalue weighted by molar-refractivity contribution is 0.580. The average molecular weight is 305 g/mol. The molecule has 0 fully saturated rings. The number of aryl methyl sites for hydroxylation is 1. The number of nitrogens with zero attached hydrogens (tertiary/aromatic N) is 1. The number of hydrogen-bond donors (Lipinski definition) is 2. The molecule has 2 aromatic rings. The van der Waals surface area contributed by atoms with Crippen molar-refractivity contribution in [3.05, 3.63) is 53.9 Å². The van der Waals surface area contributed by atoms with Gasteiger partial charge in [-0.25, -0.2) is 13.1 Å². The summed E-state index contributed by atoms with van der Waals surface area (Å²) in [5.74, 6) is 0. The molecule has 0 aliphatic carbocycles. The molecule has 0 bridgehead atoms. The Morgan fingerprint density at radius 2 is 2.00 bits per heavy atom. The second-order valence-corrected chi connectivity index (χ2v) is 6.43. The van der Waals surface area contributed by atoms with Gasteiger partial charge in [-0.15, -0.1) is 0 Å². The maximum Gasteiger partial charge on any atom is 0.240 e. The molecule has 6 heteroatoms. The van der Waals surface area contributed by atoms with Gasteiger partial charge in [0.25, 0.3) is 0 Å². The van der Waals surface area contributed by atoms with Crippen LogP contribution in [0.3, 0.4) is 0 Å². The molecule has 0 amide bonds. The molecule has 0 saturated carbocycles. The summed E-state index contributed by atoms with van der Waals surface area (Å²) in [6.45, 7) is 2.11. The molecule has 0 saturated heterocycles. The quantitative estimate of drug-likeness (QED) is 0.856. The Morgan fingerprint density at radius 1 is 1.19 bits per heavy atom. The summed E-state index contributed by atoms with van der Waals surface area (Å²) in [4.78, 5) is 4.47. The van der Waals surface area contributed by atoms with Gasteiger partial charge in [0.2, 0.25) is 10.0 Å². The van der Waals surface area contributed by atoms with Crippen LogP contribution in [-0.2, 0) is 16.4 Å². The van der Waals surface area contributed by atoms with Crippen LogP contribution in [0.15, 0.2) is 47.5 Å². The van der Waals surface area contributed by atoms with Gasteiger partial charge in [-0.1, -0.05) is 12.1 Å². The summed E-state index contributed by atoms with van der Waals surface area (Å²) in [5, 5.41) is 2.95. The number of aromatic nitrogens is 1. The summed E-state index contributed by atoms with van der Waals surface area (Å²) < 4.78 is 27.3. The molecule has 0 atom stereocenters. The fraction of sp³-hybridized carbons (Fsp3) is 0.267. The number of anilines is 1. The van der Waals surface area contributed by atoms with Crippen molar-refractivity contribution >= 4 is 15.7 Å². The molecular weight excluding hydrogens is 286 g/mol. The van der Waals surface area contributed by atoms with Crippen LogP contribution < -0.4 is 10.0 Å². The number of rotatable bonds is 6. The molecule has 2 rings (SSSR count). The molecule has 2 N–H and O–H groups in total. The summed E-state index contributed by atoms with van der Waals surface area (Å²) >= 11 is 0. The summed E-state index contributed by atoms with van der Waals surface area (Å²) in [6, 6.07) is 10.9. The zero-order chi connectivity index (χ0) is 15.3. The van der Waals surface area contributed by atoms with E-state index in [-0.39, 0.29) is 0 Å². The average Bonchev–Trinajstić information content (AvgIpc) is 2.48. The molecule has 0 spiro atoms. The van der Waals surface area contributed by atoms with E-state index in [9.17, 15) is 8.42 Å². The molecule has 0 aliphatic heterocycles. The minimum absolute atomic E-state index is 0.301. The van der Waals surface area contributed by atoms with Crippen LogP contribution in [0, 0.1) is 6.92 Å². The summed E-state index contributed by atoms with van der Waals surface area (Å²) in [5.41, 5.74) is 2.35. The lowest BCUT2D eigenvalue weighted by Gasteiger charge is -2.11. The number of sulfonamides is 1. The van der Waals surface area contributed by atoms with Crippen molar-refractivity contribution in [2.45, 2.75) is 18.2 Å². The molecule has 0 unspecified atom stereocenters. The number of pyridine rings is 1. The van der Waals surface area contributed by atoms with Gasteiger partial charge < -0.3 is 5.32 Å². The van der Waals surface area contributed by atoms with Crippen LogP contribution in [0.4, 0.5) is 5.69 Å².